The fraction of sp³-hybridized carbons (Fsp3) is 0.562. The Kier molecular flexibility index (Phi) is 5.41. The van der Waals surface area contributed by atoms with Crippen molar-refractivity contribution in [3.8, 4) is 5.75 Å². The van der Waals surface area contributed by atoms with E-state index >= 15 is 0 Å². The SMILES string of the molecule is COc1ccc(Cl)cc1S(=O)(=O)N1CCC(N2CCCOC2=O)CC1. The van der Waals surface area contributed by atoms with E-state index in [0.29, 0.717) is 44.1 Å². The number of sulfonamides is 1. The van der Waals surface area contributed by atoms with Crippen LogP contribution in [0.5, 0.6) is 5.75 Å². The molecule has 0 N–H and O–H groups in total. The Morgan fingerprint density at radius 2 is 1.96 bits per heavy atom. The summed E-state index contributed by atoms with van der Waals surface area (Å²) < 4.78 is 37.6. The molecule has 2 aliphatic heterocycles. The van der Waals surface area contributed by atoms with E-state index in [1.165, 1.54) is 17.5 Å². The highest BCUT2D eigenvalue weighted by Crippen LogP contribution is 2.31. The van der Waals surface area contributed by atoms with Crippen LogP contribution in [0.25, 0.3) is 0 Å². The minimum atomic E-state index is -3.71. The first-order valence-corrected chi connectivity index (χ1v) is 10.0. The number of carbonyl (C=O) groups excluding carboxylic acids is 1. The number of benzene rings is 1. The topological polar surface area (TPSA) is 76.2 Å². The zero-order valence-corrected chi connectivity index (χ0v) is 15.6. The molecule has 0 aliphatic carbocycles. The lowest BCUT2D eigenvalue weighted by molar-refractivity contribution is 0.0442. The highest BCUT2D eigenvalue weighted by molar-refractivity contribution is 7.89. The van der Waals surface area contributed by atoms with Gasteiger partial charge < -0.3 is 14.4 Å². The molecule has 0 saturated carbocycles. The van der Waals surface area contributed by atoms with Crippen molar-refractivity contribution >= 4 is 27.7 Å². The quantitative estimate of drug-likeness (QED) is 0.791. The van der Waals surface area contributed by atoms with Crippen molar-refractivity contribution in [2.75, 3.05) is 33.4 Å². The van der Waals surface area contributed by atoms with Crippen LogP contribution in [0.1, 0.15) is 19.3 Å². The van der Waals surface area contributed by atoms with Crippen molar-refractivity contribution in [2.45, 2.75) is 30.2 Å². The predicted molar refractivity (Wildman–Crippen MR) is 92.5 cm³/mol. The van der Waals surface area contributed by atoms with Crippen LogP contribution in [0.15, 0.2) is 23.1 Å². The van der Waals surface area contributed by atoms with Gasteiger partial charge in [0.1, 0.15) is 10.6 Å². The van der Waals surface area contributed by atoms with E-state index in [-0.39, 0.29) is 22.8 Å². The maximum Gasteiger partial charge on any atom is 0.410 e. The van der Waals surface area contributed by atoms with Gasteiger partial charge in [-0.3, -0.25) is 0 Å². The highest BCUT2D eigenvalue weighted by atomic mass is 35.5. The second-order valence-corrected chi connectivity index (χ2v) is 8.43. The summed E-state index contributed by atoms with van der Waals surface area (Å²) in [6.45, 7) is 1.80. The van der Waals surface area contributed by atoms with E-state index in [9.17, 15) is 13.2 Å². The van der Waals surface area contributed by atoms with Gasteiger partial charge in [-0.2, -0.15) is 4.31 Å². The van der Waals surface area contributed by atoms with Crippen LogP contribution in [0, 0.1) is 0 Å². The molecule has 138 valence electrons. The molecule has 2 heterocycles. The van der Waals surface area contributed by atoms with Gasteiger partial charge in [-0.25, -0.2) is 13.2 Å². The van der Waals surface area contributed by atoms with E-state index in [2.05, 4.69) is 0 Å². The predicted octanol–water partition coefficient (Wildman–Crippen LogP) is 2.34. The van der Waals surface area contributed by atoms with Crippen molar-refractivity contribution in [2.24, 2.45) is 0 Å². The third-order valence-corrected chi connectivity index (χ3v) is 6.77. The molecule has 2 aliphatic rings. The average molecular weight is 389 g/mol. The van der Waals surface area contributed by atoms with Crippen LogP contribution in [0.3, 0.4) is 0 Å². The molecule has 3 rings (SSSR count). The number of nitrogens with zero attached hydrogens (tertiary/aromatic N) is 2. The maximum absolute atomic E-state index is 12.9. The molecule has 0 unspecified atom stereocenters. The van der Waals surface area contributed by atoms with Crippen LogP contribution >= 0.6 is 11.6 Å². The van der Waals surface area contributed by atoms with Gasteiger partial charge >= 0.3 is 6.09 Å². The number of hydrogen-bond acceptors (Lipinski definition) is 5. The van der Waals surface area contributed by atoms with Crippen molar-refractivity contribution in [3.05, 3.63) is 23.2 Å². The molecule has 1 aromatic carbocycles. The molecule has 0 spiro atoms. The second kappa shape index (κ2) is 7.39. The molecule has 0 radical (unpaired) electrons. The zero-order chi connectivity index (χ0) is 18.0. The van der Waals surface area contributed by atoms with E-state index in [0.717, 1.165) is 6.42 Å². The standard InChI is InChI=1S/C16H21ClN2O5S/c1-23-14-4-3-12(17)11-15(14)25(21,22)18-8-5-13(6-9-18)19-7-2-10-24-16(19)20/h3-4,11,13H,2,5-10H2,1H3. The summed E-state index contributed by atoms with van der Waals surface area (Å²) >= 11 is 5.96. The van der Waals surface area contributed by atoms with Gasteiger partial charge in [0.25, 0.3) is 0 Å². The minimum Gasteiger partial charge on any atom is -0.495 e. The largest absolute Gasteiger partial charge is 0.495 e. The first-order valence-electron chi connectivity index (χ1n) is 8.20. The summed E-state index contributed by atoms with van der Waals surface area (Å²) in [5, 5.41) is 0.338. The third kappa shape index (κ3) is 3.70. The molecule has 1 amide bonds. The maximum atomic E-state index is 12.9. The van der Waals surface area contributed by atoms with E-state index in [1.54, 1.807) is 17.0 Å². The lowest BCUT2D eigenvalue weighted by Crippen LogP contribution is -2.50. The number of carbonyl (C=O) groups is 1. The van der Waals surface area contributed by atoms with Crippen molar-refractivity contribution in [1.82, 2.24) is 9.21 Å². The van der Waals surface area contributed by atoms with Crippen LogP contribution in [0.2, 0.25) is 5.02 Å². The Bertz CT molecular complexity index is 747. The second-order valence-electron chi connectivity index (χ2n) is 6.09. The number of piperidine rings is 1. The first-order chi connectivity index (χ1) is 11.9. The fourth-order valence-corrected chi connectivity index (χ4v) is 5.17. The molecule has 1 aromatic rings. The molecule has 0 atom stereocenters. The Balaban J connectivity index is 1.74. The number of halogens is 1. The van der Waals surface area contributed by atoms with Crippen LogP contribution < -0.4 is 4.74 Å². The summed E-state index contributed by atoms with van der Waals surface area (Å²) in [5.41, 5.74) is 0. The minimum absolute atomic E-state index is 0.0144. The Labute approximate surface area is 152 Å². The lowest BCUT2D eigenvalue weighted by atomic mass is 10.0. The van der Waals surface area contributed by atoms with Gasteiger partial charge in [0.15, 0.2) is 0 Å². The van der Waals surface area contributed by atoms with Crippen LogP contribution in [-0.2, 0) is 14.8 Å². The number of methoxy groups -OCH3 is 1. The molecular formula is C16H21ClN2O5S. The van der Waals surface area contributed by atoms with E-state index in [4.69, 9.17) is 21.1 Å². The zero-order valence-electron chi connectivity index (χ0n) is 14.0. The molecule has 25 heavy (non-hydrogen) atoms. The Hall–Kier alpha value is -1.51. The van der Waals surface area contributed by atoms with Crippen molar-refractivity contribution < 1.29 is 22.7 Å². The number of amides is 1. The molecule has 2 fully saturated rings. The molecule has 0 bridgehead atoms. The van der Waals surface area contributed by atoms with Gasteiger partial charge in [0.05, 0.1) is 13.7 Å². The van der Waals surface area contributed by atoms with Crippen LogP contribution in [0.4, 0.5) is 4.79 Å². The molecule has 2 saturated heterocycles. The van der Waals surface area contributed by atoms with Crippen molar-refractivity contribution in [3.63, 3.8) is 0 Å². The molecule has 9 heteroatoms. The monoisotopic (exact) mass is 388 g/mol. The summed E-state index contributed by atoms with van der Waals surface area (Å²) in [5.74, 6) is 0.270. The van der Waals surface area contributed by atoms with Gasteiger partial charge in [-0.05, 0) is 37.5 Å². The van der Waals surface area contributed by atoms with Gasteiger partial charge in [-0.1, -0.05) is 11.6 Å². The summed E-state index contributed by atoms with van der Waals surface area (Å²) in [4.78, 5) is 13.6. The fourth-order valence-electron chi connectivity index (χ4n) is 3.29. The highest BCUT2D eigenvalue weighted by Gasteiger charge is 2.35. The smallest absolute Gasteiger partial charge is 0.410 e. The molecule has 0 aromatic heterocycles. The van der Waals surface area contributed by atoms with Gasteiger partial charge in [0, 0.05) is 30.7 Å². The summed E-state index contributed by atoms with van der Waals surface area (Å²) in [7, 11) is -2.28. The molecular weight excluding hydrogens is 368 g/mol. The van der Waals surface area contributed by atoms with E-state index in [1.807, 2.05) is 0 Å². The third-order valence-electron chi connectivity index (χ3n) is 4.61. The molecule has 7 nitrogen and oxygen atoms in total. The number of hydrogen-bond donors (Lipinski definition) is 0. The van der Waals surface area contributed by atoms with Crippen LogP contribution in [-0.4, -0.2) is 63.1 Å². The van der Waals surface area contributed by atoms with E-state index < -0.39 is 10.0 Å². The average Bonchev–Trinajstić information content (AvgIpc) is 2.62. The number of cyclic esters (lactones) is 1. The normalized spacial score (nSPS) is 20.4. The van der Waals surface area contributed by atoms with Gasteiger partial charge in [-0.15, -0.1) is 0 Å². The Morgan fingerprint density at radius 1 is 1.24 bits per heavy atom. The first kappa shape index (κ1) is 18.3. The summed E-state index contributed by atoms with van der Waals surface area (Å²) in [6, 6.07) is 4.56. The van der Waals surface area contributed by atoms with Crippen molar-refractivity contribution in [1.29, 1.82) is 0 Å². The van der Waals surface area contributed by atoms with Gasteiger partial charge in [0.2, 0.25) is 10.0 Å². The number of rotatable bonds is 4. The number of ether oxygens (including phenoxy) is 2. The lowest BCUT2D eigenvalue weighted by Gasteiger charge is -2.39. The summed E-state index contributed by atoms with van der Waals surface area (Å²) in [6.07, 6.45) is 1.67. The Morgan fingerprint density at radius 3 is 2.60 bits per heavy atom.